The molecule has 0 aliphatic rings. The zero-order chi connectivity index (χ0) is 18.5. The number of rotatable bonds is 6. The largest absolute Gasteiger partial charge is 0.497 e. The Kier molecular flexibility index (Phi) is 5.22. The average Bonchev–Trinajstić information content (AvgIpc) is 2.64. The van der Waals surface area contributed by atoms with Crippen molar-refractivity contribution < 1.29 is 9.47 Å². The number of nitrogens with one attached hydrogen (secondary N) is 2. The Labute approximate surface area is 153 Å². The molecule has 0 spiro atoms. The summed E-state index contributed by atoms with van der Waals surface area (Å²) >= 11 is 0. The van der Waals surface area contributed by atoms with E-state index in [1.165, 1.54) is 5.56 Å². The maximum atomic E-state index is 5.38. The van der Waals surface area contributed by atoms with Gasteiger partial charge in [-0.15, -0.1) is 0 Å². The maximum absolute atomic E-state index is 5.38. The van der Waals surface area contributed by atoms with Crippen LogP contribution < -0.4 is 20.1 Å². The van der Waals surface area contributed by atoms with Crippen LogP contribution in [-0.2, 0) is 0 Å². The van der Waals surface area contributed by atoms with Crippen molar-refractivity contribution in [3.05, 3.63) is 59.8 Å². The Balaban J connectivity index is 1.84. The van der Waals surface area contributed by atoms with E-state index in [2.05, 4.69) is 46.6 Å². The molecular weight excluding hydrogens is 328 g/mol. The number of aromatic nitrogens is 2. The zero-order valence-electron chi connectivity index (χ0n) is 15.3. The first-order chi connectivity index (χ1) is 12.6. The van der Waals surface area contributed by atoms with E-state index >= 15 is 0 Å². The summed E-state index contributed by atoms with van der Waals surface area (Å²) in [7, 11) is 3.24. The predicted octanol–water partition coefficient (Wildman–Crippen LogP) is 4.60. The highest BCUT2D eigenvalue weighted by Gasteiger charge is 2.08. The van der Waals surface area contributed by atoms with E-state index < -0.39 is 0 Å². The van der Waals surface area contributed by atoms with Crippen LogP contribution in [0.2, 0.25) is 0 Å². The summed E-state index contributed by atoms with van der Waals surface area (Å²) in [5.41, 5.74) is 4.13. The molecule has 1 heterocycles. The minimum Gasteiger partial charge on any atom is -0.497 e. The van der Waals surface area contributed by atoms with Gasteiger partial charge in [-0.1, -0.05) is 17.7 Å². The van der Waals surface area contributed by atoms with Gasteiger partial charge in [0.05, 0.1) is 19.9 Å². The van der Waals surface area contributed by atoms with E-state index in [1.54, 1.807) is 20.4 Å². The van der Waals surface area contributed by atoms with Gasteiger partial charge in [-0.25, -0.2) is 4.98 Å². The molecule has 0 aliphatic heterocycles. The van der Waals surface area contributed by atoms with E-state index in [9.17, 15) is 0 Å². The lowest BCUT2D eigenvalue weighted by molar-refractivity contribution is 0.405. The minimum atomic E-state index is 0.464. The van der Waals surface area contributed by atoms with Crippen molar-refractivity contribution in [1.29, 1.82) is 0 Å². The summed E-state index contributed by atoms with van der Waals surface area (Å²) in [4.78, 5) is 8.81. The van der Waals surface area contributed by atoms with Crippen LogP contribution in [-0.4, -0.2) is 24.2 Å². The van der Waals surface area contributed by atoms with Crippen LogP contribution in [0.4, 0.5) is 23.1 Å². The van der Waals surface area contributed by atoms with Crippen molar-refractivity contribution in [2.24, 2.45) is 0 Å². The number of ether oxygens (including phenoxy) is 2. The Morgan fingerprint density at radius 3 is 2.42 bits per heavy atom. The molecular formula is C20H22N4O2. The molecule has 0 fully saturated rings. The number of benzene rings is 2. The summed E-state index contributed by atoms with van der Waals surface area (Å²) in [5, 5.41) is 6.51. The number of hydrogen-bond donors (Lipinski definition) is 2. The van der Waals surface area contributed by atoms with Gasteiger partial charge < -0.3 is 20.1 Å². The SMILES string of the molecule is COc1ccc(OC)c(Nc2nccc(Nc3ccc(C)cc3C)n2)c1. The highest BCUT2D eigenvalue weighted by Crippen LogP contribution is 2.31. The predicted molar refractivity (Wildman–Crippen MR) is 104 cm³/mol. The standard InChI is InChI=1S/C20H22N4O2/c1-13-5-7-16(14(2)11-13)22-19-9-10-21-20(24-19)23-17-12-15(25-3)6-8-18(17)26-4/h5-12H,1-4H3,(H2,21,22,23,24). The van der Waals surface area contributed by atoms with Gasteiger partial charge in [0.15, 0.2) is 0 Å². The van der Waals surface area contributed by atoms with E-state index in [0.717, 1.165) is 22.7 Å². The molecule has 2 aromatic carbocycles. The molecule has 3 aromatic rings. The average molecular weight is 350 g/mol. The number of anilines is 4. The molecule has 1 aromatic heterocycles. The molecule has 0 bridgehead atoms. The second kappa shape index (κ2) is 7.74. The van der Waals surface area contributed by atoms with Gasteiger partial charge in [-0.2, -0.15) is 4.98 Å². The van der Waals surface area contributed by atoms with Crippen LogP contribution in [0.3, 0.4) is 0 Å². The Morgan fingerprint density at radius 2 is 1.69 bits per heavy atom. The van der Waals surface area contributed by atoms with E-state index in [4.69, 9.17) is 9.47 Å². The van der Waals surface area contributed by atoms with Crippen LogP contribution >= 0.6 is 0 Å². The third kappa shape index (κ3) is 4.03. The van der Waals surface area contributed by atoms with Crippen molar-refractivity contribution in [3.63, 3.8) is 0 Å². The van der Waals surface area contributed by atoms with Crippen LogP contribution in [0.5, 0.6) is 11.5 Å². The number of hydrogen-bond acceptors (Lipinski definition) is 6. The lowest BCUT2D eigenvalue weighted by atomic mass is 10.1. The molecule has 6 heteroatoms. The van der Waals surface area contributed by atoms with E-state index in [0.29, 0.717) is 17.5 Å². The van der Waals surface area contributed by atoms with Gasteiger partial charge in [0, 0.05) is 18.0 Å². The van der Waals surface area contributed by atoms with Crippen LogP contribution in [0.25, 0.3) is 0 Å². The fourth-order valence-corrected chi connectivity index (χ4v) is 2.61. The van der Waals surface area contributed by atoms with Gasteiger partial charge in [0.25, 0.3) is 0 Å². The topological polar surface area (TPSA) is 68.3 Å². The third-order valence-electron chi connectivity index (χ3n) is 3.95. The summed E-state index contributed by atoms with van der Waals surface area (Å²) in [5.74, 6) is 2.57. The van der Waals surface area contributed by atoms with Gasteiger partial charge in [0.2, 0.25) is 5.95 Å². The van der Waals surface area contributed by atoms with Crippen molar-refractivity contribution in [2.45, 2.75) is 13.8 Å². The van der Waals surface area contributed by atoms with E-state index in [-0.39, 0.29) is 0 Å². The molecule has 134 valence electrons. The van der Waals surface area contributed by atoms with Crippen LogP contribution in [0.15, 0.2) is 48.7 Å². The van der Waals surface area contributed by atoms with Crippen molar-refractivity contribution in [3.8, 4) is 11.5 Å². The maximum Gasteiger partial charge on any atom is 0.229 e. The summed E-state index contributed by atoms with van der Waals surface area (Å²) in [6.07, 6.45) is 1.70. The molecule has 0 unspecified atom stereocenters. The second-order valence-corrected chi connectivity index (χ2v) is 5.90. The normalized spacial score (nSPS) is 10.3. The van der Waals surface area contributed by atoms with Crippen molar-refractivity contribution in [1.82, 2.24) is 9.97 Å². The highest BCUT2D eigenvalue weighted by atomic mass is 16.5. The summed E-state index contributed by atoms with van der Waals surface area (Å²) < 4.78 is 10.6. The van der Waals surface area contributed by atoms with Crippen LogP contribution in [0.1, 0.15) is 11.1 Å². The van der Waals surface area contributed by atoms with Gasteiger partial charge in [0.1, 0.15) is 17.3 Å². The zero-order valence-corrected chi connectivity index (χ0v) is 15.3. The highest BCUT2D eigenvalue weighted by molar-refractivity contribution is 5.66. The molecule has 0 radical (unpaired) electrons. The molecule has 0 aliphatic carbocycles. The minimum absolute atomic E-state index is 0.464. The molecule has 6 nitrogen and oxygen atoms in total. The Hall–Kier alpha value is -3.28. The lowest BCUT2D eigenvalue weighted by Crippen LogP contribution is -2.02. The second-order valence-electron chi connectivity index (χ2n) is 5.90. The lowest BCUT2D eigenvalue weighted by Gasteiger charge is -2.13. The molecule has 2 N–H and O–H groups in total. The van der Waals surface area contributed by atoms with E-state index in [1.807, 2.05) is 30.3 Å². The fourth-order valence-electron chi connectivity index (χ4n) is 2.61. The molecule has 0 saturated carbocycles. The molecule has 0 amide bonds. The quantitative estimate of drug-likeness (QED) is 0.677. The number of nitrogens with zero attached hydrogens (tertiary/aromatic N) is 2. The van der Waals surface area contributed by atoms with Gasteiger partial charge >= 0.3 is 0 Å². The fraction of sp³-hybridized carbons (Fsp3) is 0.200. The monoisotopic (exact) mass is 350 g/mol. The van der Waals surface area contributed by atoms with Gasteiger partial charge in [-0.05, 0) is 43.7 Å². The number of methoxy groups -OCH3 is 2. The molecule has 0 atom stereocenters. The first-order valence-electron chi connectivity index (χ1n) is 8.25. The molecule has 3 rings (SSSR count). The Bertz CT molecular complexity index is 912. The smallest absolute Gasteiger partial charge is 0.229 e. The third-order valence-corrected chi connectivity index (χ3v) is 3.95. The van der Waals surface area contributed by atoms with Gasteiger partial charge in [-0.3, -0.25) is 0 Å². The molecule has 0 saturated heterocycles. The molecule has 26 heavy (non-hydrogen) atoms. The Morgan fingerprint density at radius 1 is 0.846 bits per heavy atom. The number of aryl methyl sites for hydroxylation is 2. The van der Waals surface area contributed by atoms with Crippen molar-refractivity contribution >= 4 is 23.1 Å². The summed E-state index contributed by atoms with van der Waals surface area (Å²) in [6, 6.07) is 13.6. The van der Waals surface area contributed by atoms with Crippen molar-refractivity contribution in [2.75, 3.05) is 24.9 Å². The first kappa shape index (κ1) is 17.5. The first-order valence-corrected chi connectivity index (χ1v) is 8.25. The van der Waals surface area contributed by atoms with Crippen LogP contribution in [0, 0.1) is 13.8 Å². The summed E-state index contributed by atoms with van der Waals surface area (Å²) in [6.45, 7) is 4.14.